The Hall–Kier alpha value is -1.99. The monoisotopic (exact) mass is 332 g/mol. The first-order chi connectivity index (χ1) is 11.6. The SMILES string of the molecule is CC(N)c1nc2ccc(F)c(C(=O)N3CCOCC3)c2n1C1CC1. The van der Waals surface area contributed by atoms with Crippen LogP contribution in [0.3, 0.4) is 0 Å². The van der Waals surface area contributed by atoms with Crippen LogP contribution in [0.4, 0.5) is 4.39 Å². The van der Waals surface area contributed by atoms with Crippen LogP contribution in [0.5, 0.6) is 0 Å². The molecule has 6 nitrogen and oxygen atoms in total. The number of hydrogen-bond acceptors (Lipinski definition) is 4. The molecular formula is C17H21FN4O2. The Morgan fingerprint density at radius 1 is 1.38 bits per heavy atom. The quantitative estimate of drug-likeness (QED) is 0.933. The number of hydrogen-bond donors (Lipinski definition) is 1. The Morgan fingerprint density at radius 2 is 2.08 bits per heavy atom. The van der Waals surface area contributed by atoms with Crippen molar-refractivity contribution < 1.29 is 13.9 Å². The number of morpholine rings is 1. The topological polar surface area (TPSA) is 73.4 Å². The molecular weight excluding hydrogens is 311 g/mol. The minimum Gasteiger partial charge on any atom is -0.378 e. The van der Waals surface area contributed by atoms with Crippen molar-refractivity contribution >= 4 is 16.9 Å². The Labute approximate surface area is 139 Å². The van der Waals surface area contributed by atoms with E-state index < -0.39 is 5.82 Å². The van der Waals surface area contributed by atoms with Gasteiger partial charge in [-0.2, -0.15) is 0 Å². The summed E-state index contributed by atoms with van der Waals surface area (Å²) in [5, 5.41) is 0. The summed E-state index contributed by atoms with van der Waals surface area (Å²) in [5.41, 5.74) is 7.39. The molecule has 0 spiro atoms. The number of aromatic nitrogens is 2. The van der Waals surface area contributed by atoms with E-state index in [1.807, 2.05) is 11.5 Å². The van der Waals surface area contributed by atoms with Gasteiger partial charge in [-0.25, -0.2) is 9.37 Å². The molecule has 2 aromatic rings. The molecule has 1 aliphatic carbocycles. The summed E-state index contributed by atoms with van der Waals surface area (Å²) in [4.78, 5) is 19.2. The first-order valence-corrected chi connectivity index (χ1v) is 8.41. The van der Waals surface area contributed by atoms with E-state index in [0.29, 0.717) is 43.2 Å². The van der Waals surface area contributed by atoms with Crippen LogP contribution in [0.2, 0.25) is 0 Å². The van der Waals surface area contributed by atoms with E-state index in [9.17, 15) is 9.18 Å². The second kappa shape index (κ2) is 5.82. The number of rotatable bonds is 3. The van der Waals surface area contributed by atoms with Gasteiger partial charge in [0.25, 0.3) is 5.91 Å². The third kappa shape index (κ3) is 2.48. The van der Waals surface area contributed by atoms with E-state index in [1.165, 1.54) is 6.07 Å². The lowest BCUT2D eigenvalue weighted by molar-refractivity contribution is 0.0301. The maximum absolute atomic E-state index is 14.6. The predicted molar refractivity (Wildman–Crippen MR) is 87.3 cm³/mol. The molecule has 0 radical (unpaired) electrons. The molecule has 0 bridgehead atoms. The van der Waals surface area contributed by atoms with Crippen LogP contribution in [0.25, 0.3) is 11.0 Å². The van der Waals surface area contributed by atoms with E-state index in [2.05, 4.69) is 4.98 Å². The van der Waals surface area contributed by atoms with E-state index >= 15 is 0 Å². The van der Waals surface area contributed by atoms with Gasteiger partial charge in [0, 0.05) is 19.1 Å². The summed E-state index contributed by atoms with van der Waals surface area (Å²) in [5.74, 6) is -0.0782. The van der Waals surface area contributed by atoms with Crippen molar-refractivity contribution in [3.05, 3.63) is 29.3 Å². The van der Waals surface area contributed by atoms with Crippen molar-refractivity contribution in [2.75, 3.05) is 26.3 Å². The molecule has 1 atom stereocenters. The van der Waals surface area contributed by atoms with Gasteiger partial charge in [0.2, 0.25) is 0 Å². The number of halogens is 1. The smallest absolute Gasteiger partial charge is 0.259 e. The number of fused-ring (bicyclic) bond motifs is 1. The third-order valence-corrected chi connectivity index (χ3v) is 4.66. The summed E-state index contributed by atoms with van der Waals surface area (Å²) < 4.78 is 21.9. The Kier molecular flexibility index (Phi) is 3.77. The third-order valence-electron chi connectivity index (χ3n) is 4.66. The first kappa shape index (κ1) is 15.5. The lowest BCUT2D eigenvalue weighted by atomic mass is 10.1. The van der Waals surface area contributed by atoms with Gasteiger partial charge in [0.15, 0.2) is 0 Å². The number of ether oxygens (including phenoxy) is 1. The fourth-order valence-electron chi connectivity index (χ4n) is 3.33. The molecule has 1 unspecified atom stereocenters. The number of benzene rings is 1. The molecule has 1 aromatic carbocycles. The summed E-state index contributed by atoms with van der Waals surface area (Å²) in [7, 11) is 0. The zero-order valence-electron chi connectivity index (χ0n) is 13.7. The van der Waals surface area contributed by atoms with Crippen molar-refractivity contribution in [2.24, 2.45) is 5.73 Å². The minimum atomic E-state index is -0.503. The molecule has 2 fully saturated rings. The summed E-state index contributed by atoms with van der Waals surface area (Å²) in [6.45, 7) is 3.78. The van der Waals surface area contributed by atoms with Crippen LogP contribution in [0.1, 0.15) is 48.0 Å². The van der Waals surface area contributed by atoms with Crippen LogP contribution in [0.15, 0.2) is 12.1 Å². The number of carbonyl (C=O) groups is 1. The second-order valence-corrected chi connectivity index (χ2v) is 6.55. The molecule has 2 N–H and O–H groups in total. The van der Waals surface area contributed by atoms with Crippen LogP contribution >= 0.6 is 0 Å². The maximum Gasteiger partial charge on any atom is 0.259 e. The molecule has 24 heavy (non-hydrogen) atoms. The average molecular weight is 332 g/mol. The Morgan fingerprint density at radius 3 is 2.71 bits per heavy atom. The van der Waals surface area contributed by atoms with E-state index in [4.69, 9.17) is 10.5 Å². The van der Waals surface area contributed by atoms with Crippen LogP contribution in [0, 0.1) is 5.82 Å². The zero-order valence-corrected chi connectivity index (χ0v) is 13.7. The summed E-state index contributed by atoms with van der Waals surface area (Å²) in [6.07, 6.45) is 2.01. The molecule has 1 saturated heterocycles. The average Bonchev–Trinajstić information content (AvgIpc) is 3.35. The molecule has 1 aromatic heterocycles. The van der Waals surface area contributed by atoms with Gasteiger partial charge in [0.05, 0.1) is 30.3 Å². The molecule has 1 aliphatic heterocycles. The van der Waals surface area contributed by atoms with Crippen molar-refractivity contribution in [3.8, 4) is 0 Å². The van der Waals surface area contributed by atoms with Gasteiger partial charge >= 0.3 is 0 Å². The van der Waals surface area contributed by atoms with Gasteiger partial charge < -0.3 is 19.9 Å². The lowest BCUT2D eigenvalue weighted by Gasteiger charge is -2.27. The second-order valence-electron chi connectivity index (χ2n) is 6.55. The fraction of sp³-hybridized carbons (Fsp3) is 0.529. The summed E-state index contributed by atoms with van der Waals surface area (Å²) >= 11 is 0. The molecule has 1 saturated carbocycles. The van der Waals surface area contributed by atoms with Gasteiger partial charge in [0.1, 0.15) is 17.2 Å². The highest BCUT2D eigenvalue weighted by Gasteiger charge is 2.33. The fourth-order valence-corrected chi connectivity index (χ4v) is 3.33. The van der Waals surface area contributed by atoms with Crippen molar-refractivity contribution in [3.63, 3.8) is 0 Å². The number of amides is 1. The Bertz CT molecular complexity index is 791. The molecule has 128 valence electrons. The van der Waals surface area contributed by atoms with Gasteiger partial charge in [-0.05, 0) is 31.9 Å². The zero-order chi connectivity index (χ0) is 16.8. The van der Waals surface area contributed by atoms with Gasteiger partial charge in [-0.15, -0.1) is 0 Å². The number of nitrogens with two attached hydrogens (primary N) is 1. The van der Waals surface area contributed by atoms with Crippen LogP contribution in [-0.4, -0.2) is 46.7 Å². The standard InChI is InChI=1S/C17H21FN4O2/c1-10(19)16-20-13-5-4-12(18)14(15(13)22(16)11-2-3-11)17(23)21-6-8-24-9-7-21/h4-5,10-11H,2-3,6-9,19H2,1H3. The minimum absolute atomic E-state index is 0.112. The number of nitrogens with zero attached hydrogens (tertiary/aromatic N) is 3. The molecule has 4 rings (SSSR count). The highest BCUT2D eigenvalue weighted by Crippen LogP contribution is 2.41. The Balaban J connectivity index is 1.90. The predicted octanol–water partition coefficient (Wildman–Crippen LogP) is 2.00. The van der Waals surface area contributed by atoms with Crippen molar-refractivity contribution in [1.82, 2.24) is 14.5 Å². The number of imidazole rings is 1. The molecule has 2 aliphatic rings. The van der Waals surface area contributed by atoms with Crippen molar-refractivity contribution in [2.45, 2.75) is 31.8 Å². The highest BCUT2D eigenvalue weighted by atomic mass is 19.1. The lowest BCUT2D eigenvalue weighted by Crippen LogP contribution is -2.41. The largest absolute Gasteiger partial charge is 0.378 e. The molecule has 2 heterocycles. The van der Waals surface area contributed by atoms with Gasteiger partial charge in [-0.3, -0.25) is 4.79 Å². The first-order valence-electron chi connectivity index (χ1n) is 8.41. The van der Waals surface area contributed by atoms with Gasteiger partial charge in [-0.1, -0.05) is 0 Å². The van der Waals surface area contributed by atoms with E-state index in [0.717, 1.165) is 12.8 Å². The highest BCUT2D eigenvalue weighted by molar-refractivity contribution is 6.05. The van der Waals surface area contributed by atoms with Crippen LogP contribution < -0.4 is 5.73 Å². The van der Waals surface area contributed by atoms with E-state index in [1.54, 1.807) is 11.0 Å². The maximum atomic E-state index is 14.6. The normalized spacial score (nSPS) is 19.7. The van der Waals surface area contributed by atoms with E-state index in [-0.39, 0.29) is 23.6 Å². The molecule has 7 heteroatoms. The summed E-state index contributed by atoms with van der Waals surface area (Å²) in [6, 6.07) is 2.94. The van der Waals surface area contributed by atoms with Crippen molar-refractivity contribution in [1.29, 1.82) is 0 Å². The molecule has 1 amide bonds. The van der Waals surface area contributed by atoms with Crippen LogP contribution in [-0.2, 0) is 4.74 Å². The number of carbonyl (C=O) groups excluding carboxylic acids is 1.